The number of nitrogens with zero attached hydrogens (tertiary/aromatic N) is 1. The van der Waals surface area contributed by atoms with Crippen molar-refractivity contribution in [2.24, 2.45) is 11.7 Å². The fraction of sp³-hybridized carbons (Fsp3) is 0.615. The van der Waals surface area contributed by atoms with Crippen LogP contribution in [0.25, 0.3) is 0 Å². The molecular weight excluding hydrogens is 216 g/mol. The first-order chi connectivity index (χ1) is 8.25. The average Bonchev–Trinajstić information content (AvgIpc) is 2.38. The van der Waals surface area contributed by atoms with E-state index in [1.807, 2.05) is 19.1 Å². The Labute approximate surface area is 102 Å². The van der Waals surface area contributed by atoms with Gasteiger partial charge in [0.25, 0.3) is 0 Å². The first-order valence-corrected chi connectivity index (χ1v) is 6.18. The molecular formula is C13H20N2O2. The average molecular weight is 236 g/mol. The van der Waals surface area contributed by atoms with Gasteiger partial charge in [0.05, 0.1) is 18.5 Å². The van der Waals surface area contributed by atoms with Gasteiger partial charge in [-0.1, -0.05) is 0 Å². The van der Waals surface area contributed by atoms with E-state index in [4.69, 9.17) is 15.2 Å². The lowest BCUT2D eigenvalue weighted by Gasteiger charge is -2.22. The number of ether oxygens (including phenoxy) is 2. The summed E-state index contributed by atoms with van der Waals surface area (Å²) in [6.45, 7) is 4.39. The molecule has 1 atom stereocenters. The standard InChI is InChI=1S/C13H20N2O2/c1-10(14)13-3-2-12(8-15-13)17-9-11-4-6-16-7-5-11/h2-3,8,10-11H,4-7,9,14H2,1H3/t10-/m1/s1. The predicted molar refractivity (Wildman–Crippen MR) is 65.9 cm³/mol. The summed E-state index contributed by atoms with van der Waals surface area (Å²) in [4.78, 5) is 4.27. The monoisotopic (exact) mass is 236 g/mol. The van der Waals surface area contributed by atoms with Crippen LogP contribution in [0.5, 0.6) is 5.75 Å². The zero-order chi connectivity index (χ0) is 12.1. The van der Waals surface area contributed by atoms with E-state index in [1.165, 1.54) is 0 Å². The molecule has 0 radical (unpaired) electrons. The zero-order valence-corrected chi connectivity index (χ0v) is 10.3. The number of nitrogens with two attached hydrogens (primary N) is 1. The summed E-state index contributed by atoms with van der Waals surface area (Å²) in [7, 11) is 0. The van der Waals surface area contributed by atoms with Gasteiger partial charge in [-0.05, 0) is 37.8 Å². The second-order valence-electron chi connectivity index (χ2n) is 4.57. The third-order valence-electron chi connectivity index (χ3n) is 3.05. The molecule has 1 fully saturated rings. The van der Waals surface area contributed by atoms with Crippen molar-refractivity contribution >= 4 is 0 Å². The molecule has 94 valence electrons. The van der Waals surface area contributed by atoms with Crippen molar-refractivity contribution in [3.8, 4) is 5.75 Å². The fourth-order valence-corrected chi connectivity index (χ4v) is 1.87. The lowest BCUT2D eigenvalue weighted by molar-refractivity contribution is 0.0497. The van der Waals surface area contributed by atoms with E-state index >= 15 is 0 Å². The Hall–Kier alpha value is -1.13. The van der Waals surface area contributed by atoms with Crippen molar-refractivity contribution in [1.82, 2.24) is 4.98 Å². The Balaban J connectivity index is 1.82. The molecule has 0 spiro atoms. The summed E-state index contributed by atoms with van der Waals surface area (Å²) in [5.74, 6) is 1.43. The highest BCUT2D eigenvalue weighted by Gasteiger charge is 2.14. The normalized spacial score (nSPS) is 18.9. The second kappa shape index (κ2) is 5.98. The molecule has 4 heteroatoms. The second-order valence-corrected chi connectivity index (χ2v) is 4.57. The van der Waals surface area contributed by atoms with Crippen LogP contribution >= 0.6 is 0 Å². The maximum atomic E-state index is 5.74. The number of rotatable bonds is 4. The quantitative estimate of drug-likeness (QED) is 0.867. The highest BCUT2D eigenvalue weighted by atomic mass is 16.5. The molecule has 17 heavy (non-hydrogen) atoms. The van der Waals surface area contributed by atoms with Gasteiger partial charge in [0.2, 0.25) is 0 Å². The molecule has 4 nitrogen and oxygen atoms in total. The lowest BCUT2D eigenvalue weighted by atomic mass is 10.0. The minimum Gasteiger partial charge on any atom is -0.492 e. The Morgan fingerprint density at radius 3 is 2.82 bits per heavy atom. The van der Waals surface area contributed by atoms with Crippen LogP contribution in [0, 0.1) is 5.92 Å². The number of hydrogen-bond donors (Lipinski definition) is 1. The van der Waals surface area contributed by atoms with E-state index in [2.05, 4.69) is 4.98 Å². The maximum Gasteiger partial charge on any atom is 0.137 e. The molecule has 2 heterocycles. The summed E-state index contributed by atoms with van der Waals surface area (Å²) in [6.07, 6.45) is 3.93. The first kappa shape index (κ1) is 12.3. The van der Waals surface area contributed by atoms with Crippen LogP contribution in [0.4, 0.5) is 0 Å². The summed E-state index contributed by atoms with van der Waals surface area (Å²) < 4.78 is 11.0. The van der Waals surface area contributed by atoms with Gasteiger partial charge in [0.15, 0.2) is 0 Å². The van der Waals surface area contributed by atoms with Crippen LogP contribution in [0.15, 0.2) is 18.3 Å². The van der Waals surface area contributed by atoms with Crippen molar-refractivity contribution in [1.29, 1.82) is 0 Å². The van der Waals surface area contributed by atoms with E-state index < -0.39 is 0 Å². The van der Waals surface area contributed by atoms with Crippen molar-refractivity contribution in [2.45, 2.75) is 25.8 Å². The Morgan fingerprint density at radius 1 is 1.47 bits per heavy atom. The number of aromatic nitrogens is 1. The van der Waals surface area contributed by atoms with Crippen molar-refractivity contribution in [3.05, 3.63) is 24.0 Å². The van der Waals surface area contributed by atoms with E-state index in [0.717, 1.165) is 44.1 Å². The lowest BCUT2D eigenvalue weighted by Crippen LogP contribution is -2.21. The maximum absolute atomic E-state index is 5.74. The molecule has 2 rings (SSSR count). The SMILES string of the molecule is C[C@@H](N)c1ccc(OCC2CCOCC2)cn1. The molecule has 1 aromatic rings. The van der Waals surface area contributed by atoms with Crippen molar-refractivity contribution in [3.63, 3.8) is 0 Å². The molecule has 0 saturated carbocycles. The van der Waals surface area contributed by atoms with Gasteiger partial charge in [0, 0.05) is 19.3 Å². The fourth-order valence-electron chi connectivity index (χ4n) is 1.87. The van der Waals surface area contributed by atoms with Crippen LogP contribution in [0.2, 0.25) is 0 Å². The van der Waals surface area contributed by atoms with Gasteiger partial charge in [-0.2, -0.15) is 0 Å². The Kier molecular flexibility index (Phi) is 4.34. The minimum absolute atomic E-state index is 0.0282. The molecule has 0 aromatic carbocycles. The molecule has 1 aromatic heterocycles. The molecule has 1 saturated heterocycles. The van der Waals surface area contributed by atoms with Crippen molar-refractivity contribution < 1.29 is 9.47 Å². The third kappa shape index (κ3) is 3.68. The van der Waals surface area contributed by atoms with E-state index in [-0.39, 0.29) is 6.04 Å². The zero-order valence-electron chi connectivity index (χ0n) is 10.3. The molecule has 1 aliphatic rings. The number of pyridine rings is 1. The highest BCUT2D eigenvalue weighted by molar-refractivity contribution is 5.21. The molecule has 0 amide bonds. The summed E-state index contributed by atoms with van der Waals surface area (Å²) >= 11 is 0. The van der Waals surface area contributed by atoms with Gasteiger partial charge in [-0.3, -0.25) is 4.98 Å². The van der Waals surface area contributed by atoms with Crippen LogP contribution in [0.3, 0.4) is 0 Å². The first-order valence-electron chi connectivity index (χ1n) is 6.18. The van der Waals surface area contributed by atoms with E-state index in [0.29, 0.717) is 5.92 Å². The van der Waals surface area contributed by atoms with Crippen molar-refractivity contribution in [2.75, 3.05) is 19.8 Å². The highest BCUT2D eigenvalue weighted by Crippen LogP contribution is 2.18. The van der Waals surface area contributed by atoms with Crippen LogP contribution in [-0.2, 0) is 4.74 Å². The molecule has 2 N–H and O–H groups in total. The minimum atomic E-state index is -0.0282. The summed E-state index contributed by atoms with van der Waals surface area (Å²) in [5.41, 5.74) is 6.63. The van der Waals surface area contributed by atoms with E-state index in [9.17, 15) is 0 Å². The van der Waals surface area contributed by atoms with Gasteiger partial charge in [0.1, 0.15) is 5.75 Å². The third-order valence-corrected chi connectivity index (χ3v) is 3.05. The summed E-state index contributed by atoms with van der Waals surface area (Å²) in [5, 5.41) is 0. The van der Waals surface area contributed by atoms with Gasteiger partial charge >= 0.3 is 0 Å². The van der Waals surface area contributed by atoms with Gasteiger partial charge in [-0.15, -0.1) is 0 Å². The van der Waals surface area contributed by atoms with Crippen LogP contribution in [0.1, 0.15) is 31.5 Å². The smallest absolute Gasteiger partial charge is 0.137 e. The largest absolute Gasteiger partial charge is 0.492 e. The van der Waals surface area contributed by atoms with Crippen LogP contribution in [-0.4, -0.2) is 24.8 Å². The Morgan fingerprint density at radius 2 is 2.24 bits per heavy atom. The van der Waals surface area contributed by atoms with Gasteiger partial charge in [-0.25, -0.2) is 0 Å². The van der Waals surface area contributed by atoms with Crippen LogP contribution < -0.4 is 10.5 Å². The Bertz CT molecular complexity index is 332. The number of hydrogen-bond acceptors (Lipinski definition) is 4. The van der Waals surface area contributed by atoms with Gasteiger partial charge < -0.3 is 15.2 Å². The summed E-state index contributed by atoms with van der Waals surface area (Å²) in [6, 6.07) is 3.83. The molecule has 1 aliphatic heterocycles. The molecule has 0 aliphatic carbocycles. The molecule has 0 bridgehead atoms. The predicted octanol–water partition coefficient (Wildman–Crippen LogP) is 1.91. The molecule has 0 unspecified atom stereocenters. The topological polar surface area (TPSA) is 57.4 Å². The van der Waals surface area contributed by atoms with E-state index in [1.54, 1.807) is 6.20 Å².